The molecule has 1 amide bonds. The summed E-state index contributed by atoms with van der Waals surface area (Å²) in [7, 11) is -3.74. The average Bonchev–Trinajstić information content (AvgIpc) is 3.04. The number of rotatable bonds is 5. The molecule has 4 rings (SSSR count). The van der Waals surface area contributed by atoms with E-state index in [0.717, 1.165) is 6.42 Å². The van der Waals surface area contributed by atoms with Crippen molar-refractivity contribution in [2.24, 2.45) is 5.92 Å². The van der Waals surface area contributed by atoms with Gasteiger partial charge in [0, 0.05) is 49.3 Å². The van der Waals surface area contributed by atoms with Crippen LogP contribution < -0.4 is 14.8 Å². The van der Waals surface area contributed by atoms with Gasteiger partial charge >= 0.3 is 0 Å². The van der Waals surface area contributed by atoms with Crippen molar-refractivity contribution in [3.63, 3.8) is 0 Å². The lowest BCUT2D eigenvalue weighted by atomic mass is 9.97. The number of carbonyl (C=O) groups excluding carboxylic acids is 1. The van der Waals surface area contributed by atoms with Crippen LogP contribution in [0.25, 0.3) is 0 Å². The lowest BCUT2D eigenvalue weighted by Crippen LogP contribution is -2.41. The first kappa shape index (κ1) is 22.0. The Morgan fingerprint density at radius 1 is 1.06 bits per heavy atom. The summed E-state index contributed by atoms with van der Waals surface area (Å²) >= 11 is 0. The van der Waals surface area contributed by atoms with Crippen LogP contribution in [0.5, 0.6) is 11.5 Å². The van der Waals surface area contributed by atoms with Crippen LogP contribution in [0.2, 0.25) is 0 Å². The molecule has 0 spiro atoms. The smallest absolute Gasteiger partial charge is 0.271 e. The Morgan fingerprint density at radius 3 is 2.50 bits per heavy atom. The molecule has 10 nitrogen and oxygen atoms in total. The maximum absolute atomic E-state index is 13.1. The van der Waals surface area contributed by atoms with E-state index >= 15 is 0 Å². The lowest BCUT2D eigenvalue weighted by Gasteiger charge is -2.30. The molecular weight excluding hydrogens is 438 g/mol. The van der Waals surface area contributed by atoms with Crippen LogP contribution in [0.15, 0.2) is 47.4 Å². The van der Waals surface area contributed by atoms with Gasteiger partial charge in [0.2, 0.25) is 15.9 Å². The highest BCUT2D eigenvalue weighted by Gasteiger charge is 2.33. The minimum Gasteiger partial charge on any atom is -0.490 e. The van der Waals surface area contributed by atoms with E-state index in [9.17, 15) is 23.3 Å². The summed E-state index contributed by atoms with van der Waals surface area (Å²) < 4.78 is 38.7. The number of fused-ring (bicyclic) bond motifs is 1. The Balaban J connectivity index is 1.39. The van der Waals surface area contributed by atoms with Crippen molar-refractivity contribution in [3.8, 4) is 11.5 Å². The summed E-state index contributed by atoms with van der Waals surface area (Å²) in [6, 6.07) is 10.3. The Morgan fingerprint density at radius 2 is 1.78 bits per heavy atom. The van der Waals surface area contributed by atoms with E-state index < -0.39 is 14.9 Å². The van der Waals surface area contributed by atoms with Crippen LogP contribution >= 0.6 is 0 Å². The summed E-state index contributed by atoms with van der Waals surface area (Å²) in [6.45, 7) is 1.38. The van der Waals surface area contributed by atoms with Crippen molar-refractivity contribution in [2.45, 2.75) is 24.2 Å². The highest BCUT2D eigenvalue weighted by atomic mass is 32.2. The fourth-order valence-electron chi connectivity index (χ4n) is 3.75. The number of nitrogens with zero attached hydrogens (tertiary/aromatic N) is 2. The fourth-order valence-corrected chi connectivity index (χ4v) is 5.24. The highest BCUT2D eigenvalue weighted by Crippen LogP contribution is 2.34. The van der Waals surface area contributed by atoms with E-state index in [2.05, 4.69) is 5.32 Å². The van der Waals surface area contributed by atoms with E-state index in [1.54, 1.807) is 12.1 Å². The molecular formula is C21H23N3O7S. The first-order valence-electron chi connectivity index (χ1n) is 10.3. The molecule has 2 aliphatic rings. The molecule has 0 bridgehead atoms. The molecule has 0 radical (unpaired) electrons. The van der Waals surface area contributed by atoms with Gasteiger partial charge in [-0.05, 0) is 31.0 Å². The number of piperidine rings is 1. The third-order valence-corrected chi connectivity index (χ3v) is 7.40. The average molecular weight is 461 g/mol. The van der Waals surface area contributed by atoms with Gasteiger partial charge in [0.1, 0.15) is 0 Å². The van der Waals surface area contributed by atoms with E-state index in [-0.39, 0.29) is 35.5 Å². The van der Waals surface area contributed by atoms with Crippen molar-refractivity contribution < 1.29 is 27.6 Å². The molecule has 0 aliphatic carbocycles. The summed E-state index contributed by atoms with van der Waals surface area (Å²) in [5.41, 5.74) is 0.227. The number of carbonyl (C=O) groups is 1. The van der Waals surface area contributed by atoms with Gasteiger partial charge in [-0.3, -0.25) is 14.9 Å². The SMILES string of the molecule is O=C(Nc1cccc([N+](=O)[O-])c1)C1CCN(S(=O)(=O)c2ccc3c(c2)OCCCO3)CC1. The van der Waals surface area contributed by atoms with E-state index in [0.29, 0.717) is 43.2 Å². The maximum atomic E-state index is 13.1. The van der Waals surface area contributed by atoms with Crippen molar-refractivity contribution in [2.75, 3.05) is 31.6 Å². The molecule has 11 heteroatoms. The molecule has 0 unspecified atom stereocenters. The number of hydrogen-bond donors (Lipinski definition) is 1. The predicted octanol–water partition coefficient (Wildman–Crippen LogP) is 2.80. The summed E-state index contributed by atoms with van der Waals surface area (Å²) in [6.07, 6.45) is 1.43. The lowest BCUT2D eigenvalue weighted by molar-refractivity contribution is -0.384. The molecule has 2 heterocycles. The first-order chi connectivity index (χ1) is 15.3. The zero-order valence-electron chi connectivity index (χ0n) is 17.2. The highest BCUT2D eigenvalue weighted by molar-refractivity contribution is 7.89. The van der Waals surface area contributed by atoms with Crippen LogP contribution in [0.4, 0.5) is 11.4 Å². The molecule has 0 saturated carbocycles. The van der Waals surface area contributed by atoms with Gasteiger partial charge in [0.25, 0.3) is 5.69 Å². The Hall–Kier alpha value is -3.18. The number of nitro benzene ring substituents is 1. The van der Waals surface area contributed by atoms with Gasteiger partial charge in [0.15, 0.2) is 11.5 Å². The predicted molar refractivity (Wildman–Crippen MR) is 115 cm³/mol. The maximum Gasteiger partial charge on any atom is 0.271 e. The number of benzene rings is 2. The Labute approximate surface area is 185 Å². The zero-order valence-corrected chi connectivity index (χ0v) is 18.0. The van der Waals surface area contributed by atoms with Crippen molar-refractivity contribution in [1.82, 2.24) is 4.31 Å². The Kier molecular flexibility index (Phi) is 6.28. The number of non-ortho nitro benzene ring substituents is 1. The number of sulfonamides is 1. The number of nitro groups is 1. The van der Waals surface area contributed by atoms with Crippen LogP contribution in [0.1, 0.15) is 19.3 Å². The van der Waals surface area contributed by atoms with Gasteiger partial charge in [-0.25, -0.2) is 8.42 Å². The summed E-state index contributed by atoms with van der Waals surface area (Å²) in [5.74, 6) is 0.274. The molecule has 1 N–H and O–H groups in total. The number of hydrogen-bond acceptors (Lipinski definition) is 7. The van der Waals surface area contributed by atoms with Crippen LogP contribution in [0, 0.1) is 16.0 Å². The minimum absolute atomic E-state index is 0.112. The van der Waals surface area contributed by atoms with Crippen molar-refractivity contribution in [3.05, 3.63) is 52.6 Å². The number of ether oxygens (including phenoxy) is 2. The number of amides is 1. The van der Waals surface area contributed by atoms with Gasteiger partial charge in [-0.15, -0.1) is 0 Å². The van der Waals surface area contributed by atoms with Gasteiger partial charge < -0.3 is 14.8 Å². The van der Waals surface area contributed by atoms with E-state index in [1.807, 2.05) is 0 Å². The first-order valence-corrected chi connectivity index (χ1v) is 11.7. The normalized spacial score (nSPS) is 17.4. The number of anilines is 1. The van der Waals surface area contributed by atoms with Gasteiger partial charge in [-0.1, -0.05) is 6.07 Å². The third kappa shape index (κ3) is 4.68. The van der Waals surface area contributed by atoms with Gasteiger partial charge in [0.05, 0.1) is 23.0 Å². The van der Waals surface area contributed by atoms with Gasteiger partial charge in [-0.2, -0.15) is 4.31 Å². The van der Waals surface area contributed by atoms with Crippen LogP contribution in [0.3, 0.4) is 0 Å². The monoisotopic (exact) mass is 461 g/mol. The largest absolute Gasteiger partial charge is 0.490 e. The third-order valence-electron chi connectivity index (χ3n) is 5.51. The van der Waals surface area contributed by atoms with Crippen LogP contribution in [-0.4, -0.2) is 49.9 Å². The second-order valence-electron chi connectivity index (χ2n) is 7.63. The van der Waals surface area contributed by atoms with E-state index in [4.69, 9.17) is 9.47 Å². The molecule has 1 fully saturated rings. The molecule has 0 atom stereocenters. The Bertz CT molecular complexity index is 1130. The minimum atomic E-state index is -3.74. The quantitative estimate of drug-likeness (QED) is 0.535. The van der Waals surface area contributed by atoms with Crippen molar-refractivity contribution >= 4 is 27.3 Å². The molecule has 170 valence electrons. The molecule has 0 aromatic heterocycles. The molecule has 1 saturated heterocycles. The standard InChI is InChI=1S/C21H23N3O7S/c25-21(22-16-3-1-4-17(13-16)24(26)27)15-7-9-23(10-8-15)32(28,29)18-5-6-19-20(14-18)31-12-2-11-30-19/h1,3-6,13-15H,2,7-12H2,(H,22,25). The van der Waals surface area contributed by atoms with Crippen molar-refractivity contribution in [1.29, 1.82) is 0 Å². The second-order valence-corrected chi connectivity index (χ2v) is 9.57. The molecule has 2 aromatic carbocycles. The summed E-state index contributed by atoms with van der Waals surface area (Å²) in [5, 5.41) is 13.6. The van der Waals surface area contributed by atoms with Crippen LogP contribution in [-0.2, 0) is 14.8 Å². The molecule has 2 aromatic rings. The van der Waals surface area contributed by atoms with E-state index in [1.165, 1.54) is 34.6 Å². The topological polar surface area (TPSA) is 128 Å². The molecule has 2 aliphatic heterocycles. The summed E-state index contributed by atoms with van der Waals surface area (Å²) in [4.78, 5) is 23.1. The second kappa shape index (κ2) is 9.13. The zero-order chi connectivity index (χ0) is 22.7. The molecule has 32 heavy (non-hydrogen) atoms. The number of nitrogens with one attached hydrogen (secondary N) is 1. The fraction of sp³-hybridized carbons (Fsp3) is 0.381.